The zero-order valence-corrected chi connectivity index (χ0v) is 10.3. The number of hydrogen-bond acceptors (Lipinski definition) is 1. The summed E-state index contributed by atoms with van der Waals surface area (Å²) < 4.78 is 26.4. The van der Waals surface area contributed by atoms with Crippen molar-refractivity contribution in [1.29, 1.82) is 0 Å². The van der Waals surface area contributed by atoms with E-state index in [1.165, 1.54) is 6.07 Å². The van der Waals surface area contributed by atoms with Crippen LogP contribution in [0.1, 0.15) is 24.8 Å². The lowest BCUT2D eigenvalue weighted by atomic mass is 10.1. The zero-order chi connectivity index (χ0) is 12.3. The van der Waals surface area contributed by atoms with Gasteiger partial charge in [-0.3, -0.25) is 0 Å². The summed E-state index contributed by atoms with van der Waals surface area (Å²) in [6, 6.07) is 4.60. The van der Waals surface area contributed by atoms with Gasteiger partial charge in [-0.15, -0.1) is 11.6 Å². The van der Waals surface area contributed by atoms with E-state index < -0.39 is 11.6 Å². The average Bonchev–Trinajstić information content (AvgIpc) is 2.78. The minimum Gasteiger partial charge on any atom is -0.309 e. The lowest BCUT2D eigenvalue weighted by molar-refractivity contribution is 0.420. The van der Waals surface area contributed by atoms with Crippen LogP contribution in [0.15, 0.2) is 18.2 Å². The highest BCUT2D eigenvalue weighted by atomic mass is 35.5. The van der Waals surface area contributed by atoms with Crippen LogP contribution in [-0.4, -0.2) is 11.9 Å². The van der Waals surface area contributed by atoms with Crippen LogP contribution in [0.3, 0.4) is 0 Å². The average molecular weight is 260 g/mol. The van der Waals surface area contributed by atoms with E-state index in [2.05, 4.69) is 5.32 Å². The molecule has 0 bridgehead atoms. The van der Waals surface area contributed by atoms with Gasteiger partial charge in [-0.05, 0) is 24.8 Å². The van der Waals surface area contributed by atoms with Crippen molar-refractivity contribution in [2.75, 3.05) is 5.88 Å². The van der Waals surface area contributed by atoms with Crippen molar-refractivity contribution in [3.05, 3.63) is 35.4 Å². The van der Waals surface area contributed by atoms with Crippen molar-refractivity contribution < 1.29 is 8.78 Å². The number of nitrogens with one attached hydrogen (secondary N) is 1. The molecule has 0 spiro atoms. The van der Waals surface area contributed by atoms with E-state index in [0.717, 1.165) is 25.3 Å². The van der Waals surface area contributed by atoms with E-state index in [4.69, 9.17) is 11.6 Å². The topological polar surface area (TPSA) is 12.0 Å². The maximum absolute atomic E-state index is 13.4. The van der Waals surface area contributed by atoms with Gasteiger partial charge in [0.1, 0.15) is 0 Å². The molecule has 1 fully saturated rings. The molecule has 1 saturated carbocycles. The highest BCUT2D eigenvalue weighted by Gasteiger charge is 2.26. The molecule has 2 rings (SSSR count). The zero-order valence-electron chi connectivity index (χ0n) is 9.56. The Kier molecular flexibility index (Phi) is 4.35. The Bertz CT molecular complexity index is 384. The number of halogens is 3. The predicted octanol–water partition coefficient (Wildman–Crippen LogP) is 3.46. The van der Waals surface area contributed by atoms with Gasteiger partial charge in [0.25, 0.3) is 0 Å². The maximum atomic E-state index is 13.4. The van der Waals surface area contributed by atoms with Crippen LogP contribution >= 0.6 is 11.6 Å². The van der Waals surface area contributed by atoms with Gasteiger partial charge in [-0.1, -0.05) is 18.6 Å². The smallest absolute Gasteiger partial charge is 0.163 e. The molecule has 1 aromatic carbocycles. The Morgan fingerprint density at radius 2 is 2.12 bits per heavy atom. The van der Waals surface area contributed by atoms with Crippen LogP contribution in [0, 0.1) is 17.6 Å². The molecule has 0 aromatic heterocycles. The van der Waals surface area contributed by atoms with E-state index in [1.807, 2.05) is 0 Å². The second-order valence-electron chi connectivity index (χ2n) is 4.55. The number of alkyl halides is 1. The maximum Gasteiger partial charge on any atom is 0.163 e. The molecule has 1 nitrogen and oxygen atoms in total. The first-order valence-corrected chi connectivity index (χ1v) is 6.48. The summed E-state index contributed by atoms with van der Waals surface area (Å²) >= 11 is 5.87. The summed E-state index contributed by atoms with van der Waals surface area (Å²) in [6.45, 7) is 0.363. The first kappa shape index (κ1) is 12.8. The fourth-order valence-electron chi connectivity index (χ4n) is 2.42. The van der Waals surface area contributed by atoms with Crippen LogP contribution in [0.2, 0.25) is 0 Å². The van der Waals surface area contributed by atoms with E-state index in [1.54, 1.807) is 6.07 Å². The third-order valence-electron chi connectivity index (χ3n) is 3.44. The van der Waals surface area contributed by atoms with E-state index >= 15 is 0 Å². The number of hydrogen-bond donors (Lipinski definition) is 1. The van der Waals surface area contributed by atoms with Crippen molar-refractivity contribution >= 4 is 11.6 Å². The lowest BCUT2D eigenvalue weighted by Gasteiger charge is -2.19. The van der Waals surface area contributed by atoms with Gasteiger partial charge in [0.15, 0.2) is 11.6 Å². The van der Waals surface area contributed by atoms with Gasteiger partial charge in [-0.25, -0.2) is 8.78 Å². The lowest BCUT2D eigenvalue weighted by Crippen LogP contribution is -2.33. The van der Waals surface area contributed by atoms with Gasteiger partial charge in [-0.2, -0.15) is 0 Å². The molecule has 94 valence electrons. The van der Waals surface area contributed by atoms with Crippen LogP contribution in [-0.2, 0) is 6.54 Å². The third-order valence-corrected chi connectivity index (χ3v) is 3.84. The summed E-state index contributed by atoms with van der Waals surface area (Å²) in [5.41, 5.74) is 0.380. The van der Waals surface area contributed by atoms with Crippen molar-refractivity contribution in [2.24, 2.45) is 5.92 Å². The van der Waals surface area contributed by atoms with Gasteiger partial charge >= 0.3 is 0 Å². The molecule has 0 heterocycles. The Hall–Kier alpha value is -0.670. The summed E-state index contributed by atoms with van der Waals surface area (Å²) in [5, 5.41) is 3.28. The standard InChI is InChI=1S/C13H16ClF2N/c14-7-9-3-2-6-12(9)17-8-10-4-1-5-11(15)13(10)16/h1,4-5,9,12,17H,2-3,6-8H2. The molecule has 1 aliphatic rings. The summed E-state index contributed by atoms with van der Waals surface area (Å²) in [7, 11) is 0. The second-order valence-corrected chi connectivity index (χ2v) is 4.85. The van der Waals surface area contributed by atoms with Crippen LogP contribution in [0.4, 0.5) is 8.78 Å². The van der Waals surface area contributed by atoms with Gasteiger partial charge in [0.2, 0.25) is 0 Å². The highest BCUT2D eigenvalue weighted by Crippen LogP contribution is 2.27. The molecular formula is C13H16ClF2N. The minimum absolute atomic E-state index is 0.329. The quantitative estimate of drug-likeness (QED) is 0.817. The minimum atomic E-state index is -0.787. The summed E-state index contributed by atoms with van der Waals surface area (Å²) in [4.78, 5) is 0. The molecule has 1 N–H and O–H groups in total. The molecule has 1 aliphatic carbocycles. The Morgan fingerprint density at radius 3 is 2.88 bits per heavy atom. The van der Waals surface area contributed by atoms with E-state index in [-0.39, 0.29) is 0 Å². The van der Waals surface area contributed by atoms with Crippen molar-refractivity contribution in [3.63, 3.8) is 0 Å². The molecular weight excluding hydrogens is 244 g/mol. The fourth-order valence-corrected chi connectivity index (χ4v) is 2.79. The normalized spacial score (nSPS) is 24.2. The largest absolute Gasteiger partial charge is 0.309 e. The Morgan fingerprint density at radius 1 is 1.29 bits per heavy atom. The van der Waals surface area contributed by atoms with Crippen LogP contribution in [0.5, 0.6) is 0 Å². The molecule has 4 heteroatoms. The Balaban J connectivity index is 1.95. The molecule has 17 heavy (non-hydrogen) atoms. The first-order chi connectivity index (χ1) is 8.22. The molecule has 2 unspecified atom stereocenters. The second kappa shape index (κ2) is 5.78. The van der Waals surface area contributed by atoms with Gasteiger partial charge < -0.3 is 5.32 Å². The van der Waals surface area contributed by atoms with Crippen LogP contribution in [0.25, 0.3) is 0 Å². The number of benzene rings is 1. The molecule has 0 radical (unpaired) electrons. The Labute approximate surface area is 105 Å². The summed E-state index contributed by atoms with van der Waals surface area (Å²) in [5.74, 6) is -0.457. The number of rotatable bonds is 4. The summed E-state index contributed by atoms with van der Waals surface area (Å²) in [6.07, 6.45) is 3.34. The third kappa shape index (κ3) is 2.96. The molecule has 2 atom stereocenters. The van der Waals surface area contributed by atoms with Gasteiger partial charge in [0, 0.05) is 24.0 Å². The molecule has 0 amide bonds. The molecule has 1 aromatic rings. The van der Waals surface area contributed by atoms with Crippen LogP contribution < -0.4 is 5.32 Å². The highest BCUT2D eigenvalue weighted by molar-refractivity contribution is 6.18. The molecule has 0 saturated heterocycles. The SMILES string of the molecule is Fc1cccc(CNC2CCCC2CCl)c1F. The fraction of sp³-hybridized carbons (Fsp3) is 0.538. The predicted molar refractivity (Wildman–Crippen MR) is 65.0 cm³/mol. The molecule has 0 aliphatic heterocycles. The monoisotopic (exact) mass is 259 g/mol. The van der Waals surface area contributed by atoms with E-state index in [0.29, 0.717) is 29.9 Å². The van der Waals surface area contributed by atoms with Crippen molar-refractivity contribution in [1.82, 2.24) is 5.32 Å². The first-order valence-electron chi connectivity index (χ1n) is 5.94. The van der Waals surface area contributed by atoms with E-state index in [9.17, 15) is 8.78 Å². The van der Waals surface area contributed by atoms with Crippen molar-refractivity contribution in [2.45, 2.75) is 31.8 Å². The van der Waals surface area contributed by atoms with Gasteiger partial charge in [0.05, 0.1) is 0 Å². The van der Waals surface area contributed by atoms with Crippen molar-refractivity contribution in [3.8, 4) is 0 Å².